The van der Waals surface area contributed by atoms with Crippen molar-refractivity contribution in [1.82, 2.24) is 16.0 Å². The number of benzene rings is 1. The van der Waals surface area contributed by atoms with Crippen molar-refractivity contribution >= 4 is 47.2 Å². The van der Waals surface area contributed by atoms with Gasteiger partial charge in [-0.3, -0.25) is 9.79 Å². The number of alkyl halides is 2. The van der Waals surface area contributed by atoms with Gasteiger partial charge in [-0.05, 0) is 36.1 Å². The molecule has 166 valence electrons. The minimum absolute atomic E-state index is 0. The first-order valence-electron chi connectivity index (χ1n) is 8.91. The van der Waals surface area contributed by atoms with Gasteiger partial charge in [-0.1, -0.05) is 6.07 Å². The summed E-state index contributed by atoms with van der Waals surface area (Å²) in [5.41, 5.74) is 0.510. The molecule has 2 aromatic rings. The molecule has 11 heteroatoms. The number of rotatable bonds is 10. The number of hydrogen-bond donors (Lipinski definition) is 3. The molecule has 0 unspecified atom stereocenters. The van der Waals surface area contributed by atoms with E-state index in [-0.39, 0.29) is 42.2 Å². The van der Waals surface area contributed by atoms with Gasteiger partial charge in [-0.2, -0.15) is 8.78 Å². The molecule has 0 fully saturated rings. The quantitative estimate of drug-likeness (QED) is 0.182. The molecule has 1 heterocycles. The van der Waals surface area contributed by atoms with Gasteiger partial charge in [0.05, 0.1) is 12.0 Å². The molecule has 0 bridgehead atoms. The van der Waals surface area contributed by atoms with Gasteiger partial charge in [0.15, 0.2) is 5.96 Å². The smallest absolute Gasteiger partial charge is 0.387 e. The lowest BCUT2D eigenvalue weighted by molar-refractivity contribution is -0.0505. The SMILES string of the molecule is CN=C(NCCCNC(=O)c1cccs1)NCc1cc(OC)ccc1OC(F)F.I. The molecule has 0 aliphatic carbocycles. The van der Waals surface area contributed by atoms with E-state index in [9.17, 15) is 13.6 Å². The van der Waals surface area contributed by atoms with Crippen LogP contribution >= 0.6 is 35.3 Å². The average Bonchev–Trinajstić information content (AvgIpc) is 3.25. The topological polar surface area (TPSA) is 84.0 Å². The maximum absolute atomic E-state index is 12.6. The van der Waals surface area contributed by atoms with Crippen molar-refractivity contribution in [3.63, 3.8) is 0 Å². The van der Waals surface area contributed by atoms with Crippen molar-refractivity contribution in [3.05, 3.63) is 46.2 Å². The first kappa shape index (κ1) is 25.9. The zero-order chi connectivity index (χ0) is 21.1. The number of guanidine groups is 1. The van der Waals surface area contributed by atoms with E-state index in [1.807, 2.05) is 11.4 Å². The Balaban J connectivity index is 0.00000450. The first-order valence-corrected chi connectivity index (χ1v) is 9.79. The summed E-state index contributed by atoms with van der Waals surface area (Å²) in [5.74, 6) is 1.01. The van der Waals surface area contributed by atoms with Crippen molar-refractivity contribution in [2.75, 3.05) is 27.2 Å². The van der Waals surface area contributed by atoms with Gasteiger partial charge in [0.25, 0.3) is 5.91 Å². The Morgan fingerprint density at radius 3 is 2.60 bits per heavy atom. The van der Waals surface area contributed by atoms with Crippen LogP contribution < -0.4 is 25.4 Å². The highest BCUT2D eigenvalue weighted by molar-refractivity contribution is 14.0. The van der Waals surface area contributed by atoms with E-state index in [2.05, 4.69) is 25.7 Å². The third-order valence-electron chi connectivity index (χ3n) is 3.83. The van der Waals surface area contributed by atoms with Gasteiger partial charge in [0.1, 0.15) is 11.5 Å². The Kier molecular flexibility index (Phi) is 12.0. The summed E-state index contributed by atoms with van der Waals surface area (Å²) >= 11 is 1.39. The number of amides is 1. The minimum atomic E-state index is -2.91. The Hall–Kier alpha value is -2.15. The average molecular weight is 554 g/mol. The highest BCUT2D eigenvalue weighted by Crippen LogP contribution is 2.25. The molecular weight excluding hydrogens is 529 g/mol. The highest BCUT2D eigenvalue weighted by atomic mass is 127. The van der Waals surface area contributed by atoms with Crippen molar-refractivity contribution in [1.29, 1.82) is 0 Å². The van der Waals surface area contributed by atoms with E-state index in [0.29, 0.717) is 41.7 Å². The zero-order valence-electron chi connectivity index (χ0n) is 16.6. The molecule has 2 rings (SSSR count). The second kappa shape index (κ2) is 14.0. The normalized spacial score (nSPS) is 10.9. The van der Waals surface area contributed by atoms with E-state index in [1.54, 1.807) is 25.2 Å². The molecule has 0 spiro atoms. The molecule has 0 saturated carbocycles. The van der Waals surface area contributed by atoms with Gasteiger partial charge in [0.2, 0.25) is 0 Å². The summed E-state index contributed by atoms with van der Waals surface area (Å²) < 4.78 is 34.9. The Morgan fingerprint density at radius 1 is 1.20 bits per heavy atom. The summed E-state index contributed by atoms with van der Waals surface area (Å²) in [6.07, 6.45) is 0.691. The van der Waals surface area contributed by atoms with Crippen LogP contribution in [0.5, 0.6) is 11.5 Å². The number of hydrogen-bond acceptors (Lipinski definition) is 5. The Bertz CT molecular complexity index is 807. The van der Waals surface area contributed by atoms with E-state index in [0.717, 1.165) is 0 Å². The number of aliphatic imine (C=N–C) groups is 1. The summed E-state index contributed by atoms with van der Waals surface area (Å²) in [6.45, 7) is -1.61. The molecule has 0 atom stereocenters. The predicted octanol–water partition coefficient (Wildman–Crippen LogP) is 3.46. The van der Waals surface area contributed by atoms with Crippen molar-refractivity contribution < 1.29 is 23.0 Å². The Morgan fingerprint density at radius 2 is 1.97 bits per heavy atom. The first-order chi connectivity index (χ1) is 14.0. The van der Waals surface area contributed by atoms with Crippen LogP contribution in [0.25, 0.3) is 0 Å². The lowest BCUT2D eigenvalue weighted by Crippen LogP contribution is -2.38. The highest BCUT2D eigenvalue weighted by Gasteiger charge is 2.11. The summed E-state index contributed by atoms with van der Waals surface area (Å²) in [5, 5.41) is 10.8. The third-order valence-corrected chi connectivity index (χ3v) is 4.70. The number of nitrogens with one attached hydrogen (secondary N) is 3. The fourth-order valence-corrected chi connectivity index (χ4v) is 3.06. The summed E-state index contributed by atoms with van der Waals surface area (Å²) in [7, 11) is 3.11. The van der Waals surface area contributed by atoms with Crippen molar-refractivity contribution in [2.45, 2.75) is 19.6 Å². The van der Waals surface area contributed by atoms with Crippen LogP contribution in [-0.2, 0) is 6.54 Å². The molecule has 7 nitrogen and oxygen atoms in total. The molecule has 0 aliphatic heterocycles. The molecule has 1 aromatic carbocycles. The van der Waals surface area contributed by atoms with Crippen LogP contribution in [0.15, 0.2) is 40.7 Å². The fourth-order valence-electron chi connectivity index (χ4n) is 2.42. The lowest BCUT2D eigenvalue weighted by atomic mass is 10.2. The Labute approximate surface area is 195 Å². The number of nitrogens with zero attached hydrogens (tertiary/aromatic N) is 1. The number of thiophene rings is 1. The monoisotopic (exact) mass is 554 g/mol. The van der Waals surface area contributed by atoms with Gasteiger partial charge >= 0.3 is 6.61 Å². The number of carbonyl (C=O) groups is 1. The van der Waals surface area contributed by atoms with E-state index in [4.69, 9.17) is 4.74 Å². The van der Waals surface area contributed by atoms with Gasteiger partial charge in [-0.25, -0.2) is 0 Å². The lowest BCUT2D eigenvalue weighted by Gasteiger charge is -2.15. The van der Waals surface area contributed by atoms with Crippen LogP contribution in [0.3, 0.4) is 0 Å². The molecule has 1 aromatic heterocycles. The second-order valence-electron chi connectivity index (χ2n) is 5.79. The van der Waals surface area contributed by atoms with Crippen molar-refractivity contribution in [3.8, 4) is 11.5 Å². The van der Waals surface area contributed by atoms with Crippen LogP contribution in [0.1, 0.15) is 21.7 Å². The maximum Gasteiger partial charge on any atom is 0.387 e. The van der Waals surface area contributed by atoms with Gasteiger partial charge in [-0.15, -0.1) is 35.3 Å². The van der Waals surface area contributed by atoms with Crippen molar-refractivity contribution in [2.24, 2.45) is 4.99 Å². The fraction of sp³-hybridized carbons (Fsp3) is 0.368. The predicted molar refractivity (Wildman–Crippen MR) is 125 cm³/mol. The van der Waals surface area contributed by atoms with E-state index >= 15 is 0 Å². The largest absolute Gasteiger partial charge is 0.497 e. The second-order valence-corrected chi connectivity index (χ2v) is 6.74. The molecule has 30 heavy (non-hydrogen) atoms. The third kappa shape index (κ3) is 8.69. The van der Waals surface area contributed by atoms with Crippen LogP contribution in [0.4, 0.5) is 8.78 Å². The van der Waals surface area contributed by atoms with Crippen LogP contribution in [-0.4, -0.2) is 45.7 Å². The number of ether oxygens (including phenoxy) is 2. The number of halogens is 3. The van der Waals surface area contributed by atoms with Crippen LogP contribution in [0, 0.1) is 0 Å². The molecule has 0 saturated heterocycles. The maximum atomic E-state index is 12.6. The molecular formula is C19H25F2IN4O3S. The summed E-state index contributed by atoms with van der Waals surface area (Å²) in [6, 6.07) is 8.22. The minimum Gasteiger partial charge on any atom is -0.497 e. The molecule has 1 amide bonds. The van der Waals surface area contributed by atoms with E-state index in [1.165, 1.54) is 24.5 Å². The van der Waals surface area contributed by atoms with Crippen LogP contribution in [0.2, 0.25) is 0 Å². The van der Waals surface area contributed by atoms with Gasteiger partial charge in [0, 0.05) is 32.2 Å². The number of methoxy groups -OCH3 is 1. The zero-order valence-corrected chi connectivity index (χ0v) is 19.8. The van der Waals surface area contributed by atoms with E-state index < -0.39 is 6.61 Å². The number of carbonyl (C=O) groups excluding carboxylic acids is 1. The molecule has 0 aliphatic rings. The standard InChI is InChI=1S/C19H24F2N4O3S.HI/c1-22-19(24-9-4-8-23-17(26)16-5-3-10-29-16)25-12-13-11-14(27-2)6-7-15(13)28-18(20)21;/h3,5-7,10-11,18H,4,8-9,12H2,1-2H3,(H,23,26)(H2,22,24,25);1H. The molecule has 3 N–H and O–H groups in total. The summed E-state index contributed by atoms with van der Waals surface area (Å²) in [4.78, 5) is 16.6. The van der Waals surface area contributed by atoms with Gasteiger partial charge < -0.3 is 25.4 Å². The molecule has 0 radical (unpaired) electrons.